The van der Waals surface area contributed by atoms with E-state index in [0.717, 1.165) is 0 Å². The van der Waals surface area contributed by atoms with Crippen LogP contribution in [-0.2, 0) is 24.3 Å². The van der Waals surface area contributed by atoms with Gasteiger partial charge in [0.25, 0.3) is 5.91 Å². The topological polar surface area (TPSA) is 128 Å². The van der Waals surface area contributed by atoms with Gasteiger partial charge in [0, 0.05) is 12.2 Å². The van der Waals surface area contributed by atoms with E-state index in [4.69, 9.17) is 9.47 Å². The maximum Gasteiger partial charge on any atom is 0.338 e. The fraction of sp³-hybridized carbons (Fsp3) is 0.318. The first-order chi connectivity index (χ1) is 15.0. The van der Waals surface area contributed by atoms with Gasteiger partial charge in [0.2, 0.25) is 10.0 Å². The normalized spacial score (nSPS) is 11.2. The van der Waals surface area contributed by atoms with E-state index in [1.807, 2.05) is 0 Å². The molecule has 2 aromatic rings. The Kier molecular flexibility index (Phi) is 8.50. The molecule has 0 aliphatic heterocycles. The van der Waals surface area contributed by atoms with Crippen LogP contribution in [0.1, 0.15) is 47.1 Å². The van der Waals surface area contributed by atoms with Gasteiger partial charge in [0.1, 0.15) is 0 Å². The summed E-state index contributed by atoms with van der Waals surface area (Å²) in [6.45, 7) is 6.39. The minimum atomic E-state index is -3.74. The molecule has 0 spiro atoms. The number of ether oxygens (including phenoxy) is 2. The third-order valence-corrected chi connectivity index (χ3v) is 5.70. The molecule has 0 saturated heterocycles. The van der Waals surface area contributed by atoms with Crippen molar-refractivity contribution < 1.29 is 32.3 Å². The monoisotopic (exact) mass is 462 g/mol. The lowest BCUT2D eigenvalue weighted by atomic mass is 10.1. The highest BCUT2D eigenvalue weighted by molar-refractivity contribution is 7.89. The molecule has 0 atom stereocenters. The van der Waals surface area contributed by atoms with E-state index in [1.165, 1.54) is 42.5 Å². The molecular formula is C22H26N2O7S. The predicted molar refractivity (Wildman–Crippen MR) is 118 cm³/mol. The summed E-state index contributed by atoms with van der Waals surface area (Å²) in [7, 11) is -3.74. The highest BCUT2D eigenvalue weighted by Crippen LogP contribution is 2.17. The third-order valence-electron chi connectivity index (χ3n) is 4.16. The Balaban J connectivity index is 1.98. The van der Waals surface area contributed by atoms with Gasteiger partial charge in [-0.15, -0.1) is 0 Å². The van der Waals surface area contributed by atoms with Crippen molar-refractivity contribution >= 4 is 33.6 Å². The number of carbonyl (C=O) groups excluding carboxylic acids is 3. The number of rotatable bonds is 9. The number of esters is 2. The first kappa shape index (κ1) is 25.0. The standard InChI is InChI=1S/C22H26N2O7S/c1-5-23-32(28,29)18-11-6-15(4)19(12-18)22(27)30-13-20(25)24-17-9-7-16(8-10-17)21(26)31-14(2)3/h6-12,14,23H,5,13H2,1-4H3,(H,24,25). The van der Waals surface area contributed by atoms with Crippen LogP contribution in [0.15, 0.2) is 47.4 Å². The second kappa shape index (κ2) is 10.9. The summed E-state index contributed by atoms with van der Waals surface area (Å²) in [5, 5.41) is 2.55. The Bertz CT molecular complexity index is 1090. The van der Waals surface area contributed by atoms with Crippen molar-refractivity contribution in [1.29, 1.82) is 0 Å². The van der Waals surface area contributed by atoms with Gasteiger partial charge in [-0.3, -0.25) is 4.79 Å². The van der Waals surface area contributed by atoms with Crippen molar-refractivity contribution in [3.05, 3.63) is 59.2 Å². The van der Waals surface area contributed by atoms with E-state index in [2.05, 4.69) is 10.0 Å². The van der Waals surface area contributed by atoms with E-state index in [1.54, 1.807) is 27.7 Å². The van der Waals surface area contributed by atoms with Gasteiger partial charge >= 0.3 is 11.9 Å². The van der Waals surface area contributed by atoms with Crippen molar-refractivity contribution in [3.63, 3.8) is 0 Å². The highest BCUT2D eigenvalue weighted by atomic mass is 32.2. The molecule has 0 aromatic heterocycles. The van der Waals surface area contributed by atoms with Gasteiger partial charge in [-0.25, -0.2) is 22.7 Å². The van der Waals surface area contributed by atoms with Crippen LogP contribution < -0.4 is 10.0 Å². The summed E-state index contributed by atoms with van der Waals surface area (Å²) in [5.41, 5.74) is 1.30. The molecule has 0 fully saturated rings. The summed E-state index contributed by atoms with van der Waals surface area (Å²) in [4.78, 5) is 36.3. The number of hydrogen-bond acceptors (Lipinski definition) is 7. The number of nitrogens with one attached hydrogen (secondary N) is 2. The summed E-state index contributed by atoms with van der Waals surface area (Å²) < 4.78 is 36.8. The Morgan fingerprint density at radius 1 is 1.00 bits per heavy atom. The van der Waals surface area contributed by atoms with Crippen LogP contribution in [0.3, 0.4) is 0 Å². The molecule has 0 bridgehead atoms. The zero-order chi connectivity index (χ0) is 23.9. The largest absolute Gasteiger partial charge is 0.459 e. The second-order valence-electron chi connectivity index (χ2n) is 7.13. The van der Waals surface area contributed by atoms with E-state index < -0.39 is 34.5 Å². The summed E-state index contributed by atoms with van der Waals surface area (Å²) in [6, 6.07) is 10.1. The Hall–Kier alpha value is -3.24. The van der Waals surface area contributed by atoms with E-state index in [9.17, 15) is 22.8 Å². The van der Waals surface area contributed by atoms with Crippen LogP contribution in [-0.4, -0.2) is 45.5 Å². The molecule has 0 unspecified atom stereocenters. The molecule has 9 nitrogen and oxygen atoms in total. The van der Waals surface area contributed by atoms with Crippen molar-refractivity contribution in [2.24, 2.45) is 0 Å². The number of benzene rings is 2. The smallest absolute Gasteiger partial charge is 0.338 e. The molecule has 0 heterocycles. The fourth-order valence-corrected chi connectivity index (χ4v) is 3.71. The van der Waals surface area contributed by atoms with Crippen LogP contribution in [0.5, 0.6) is 0 Å². The zero-order valence-electron chi connectivity index (χ0n) is 18.3. The number of sulfonamides is 1. The van der Waals surface area contributed by atoms with Crippen LogP contribution in [0.4, 0.5) is 5.69 Å². The minimum Gasteiger partial charge on any atom is -0.459 e. The lowest BCUT2D eigenvalue weighted by molar-refractivity contribution is -0.119. The number of amides is 1. The zero-order valence-corrected chi connectivity index (χ0v) is 19.1. The molecule has 2 N–H and O–H groups in total. The summed E-state index contributed by atoms with van der Waals surface area (Å²) >= 11 is 0. The molecular weight excluding hydrogens is 436 g/mol. The van der Waals surface area contributed by atoms with Crippen LogP contribution in [0.2, 0.25) is 0 Å². The lowest BCUT2D eigenvalue weighted by Gasteiger charge is -2.11. The molecule has 2 aromatic carbocycles. The molecule has 0 radical (unpaired) electrons. The Labute approximate surface area is 187 Å². The number of carbonyl (C=O) groups is 3. The van der Waals surface area contributed by atoms with E-state index in [-0.39, 0.29) is 23.1 Å². The van der Waals surface area contributed by atoms with Crippen molar-refractivity contribution in [2.75, 3.05) is 18.5 Å². The van der Waals surface area contributed by atoms with Gasteiger partial charge in [-0.05, 0) is 62.7 Å². The fourth-order valence-electron chi connectivity index (χ4n) is 2.64. The molecule has 32 heavy (non-hydrogen) atoms. The Morgan fingerprint density at radius 3 is 2.25 bits per heavy atom. The third kappa shape index (κ3) is 6.89. The van der Waals surface area contributed by atoms with Crippen molar-refractivity contribution in [3.8, 4) is 0 Å². The average Bonchev–Trinajstić information content (AvgIpc) is 2.72. The predicted octanol–water partition coefficient (Wildman–Crippen LogP) is 2.65. The molecule has 0 aliphatic rings. The molecule has 0 saturated carbocycles. The lowest BCUT2D eigenvalue weighted by Crippen LogP contribution is -2.24. The highest BCUT2D eigenvalue weighted by Gasteiger charge is 2.19. The van der Waals surface area contributed by atoms with Crippen molar-refractivity contribution in [2.45, 2.75) is 38.7 Å². The van der Waals surface area contributed by atoms with Gasteiger partial charge < -0.3 is 14.8 Å². The number of hydrogen-bond donors (Lipinski definition) is 2. The average molecular weight is 463 g/mol. The van der Waals surface area contributed by atoms with E-state index in [0.29, 0.717) is 16.8 Å². The van der Waals surface area contributed by atoms with Gasteiger partial charge in [0.05, 0.1) is 22.1 Å². The first-order valence-corrected chi connectivity index (χ1v) is 11.4. The number of aryl methyl sites for hydroxylation is 1. The van der Waals surface area contributed by atoms with Crippen molar-refractivity contribution in [1.82, 2.24) is 4.72 Å². The molecule has 10 heteroatoms. The summed E-state index contributed by atoms with van der Waals surface area (Å²) in [6.07, 6.45) is -0.246. The minimum absolute atomic E-state index is 0.0461. The molecule has 1 amide bonds. The Morgan fingerprint density at radius 2 is 1.66 bits per heavy atom. The SMILES string of the molecule is CCNS(=O)(=O)c1ccc(C)c(C(=O)OCC(=O)Nc2ccc(C(=O)OC(C)C)cc2)c1. The first-order valence-electron chi connectivity index (χ1n) is 9.91. The van der Waals surface area contributed by atoms with Crippen LogP contribution in [0, 0.1) is 6.92 Å². The molecule has 2 rings (SSSR count). The van der Waals surface area contributed by atoms with Gasteiger partial charge in [0.15, 0.2) is 6.61 Å². The number of anilines is 1. The molecule has 172 valence electrons. The maximum atomic E-state index is 12.4. The van der Waals surface area contributed by atoms with Gasteiger partial charge in [-0.2, -0.15) is 0 Å². The van der Waals surface area contributed by atoms with E-state index >= 15 is 0 Å². The van der Waals surface area contributed by atoms with Gasteiger partial charge in [-0.1, -0.05) is 13.0 Å². The summed E-state index contributed by atoms with van der Waals surface area (Å²) in [5.74, 6) is -1.89. The van der Waals surface area contributed by atoms with Crippen LogP contribution >= 0.6 is 0 Å². The maximum absolute atomic E-state index is 12.4. The quantitative estimate of drug-likeness (QED) is 0.548. The van der Waals surface area contributed by atoms with Crippen LogP contribution in [0.25, 0.3) is 0 Å². The second-order valence-corrected chi connectivity index (χ2v) is 8.90. The molecule has 0 aliphatic carbocycles.